The van der Waals surface area contributed by atoms with Gasteiger partial charge in [-0.3, -0.25) is 4.79 Å². The molecule has 2 aromatic carbocycles. The number of benzene rings is 2. The third kappa shape index (κ3) is 2.95. The Balaban J connectivity index is 1.78. The van der Waals surface area contributed by atoms with Crippen molar-refractivity contribution in [1.29, 1.82) is 0 Å². The van der Waals surface area contributed by atoms with E-state index in [4.69, 9.17) is 4.42 Å². The van der Waals surface area contributed by atoms with E-state index < -0.39 is 0 Å². The first kappa shape index (κ1) is 13.4. The largest absolute Gasteiger partial charge is 0.461 e. The molecule has 0 amide bonds. The molecule has 3 aromatic rings. The summed E-state index contributed by atoms with van der Waals surface area (Å²) in [4.78, 5) is 12.3. The molecule has 0 bridgehead atoms. The SMILES string of the molecule is Cc1ccoc1C(=O)c1ccc(Cc2ccccc2)cc1. The second-order valence-electron chi connectivity index (χ2n) is 5.12. The molecule has 0 aliphatic rings. The van der Waals surface area contributed by atoms with Gasteiger partial charge in [0, 0.05) is 5.56 Å². The first-order valence-electron chi connectivity index (χ1n) is 6.96. The Morgan fingerprint density at radius 2 is 1.57 bits per heavy atom. The molecule has 21 heavy (non-hydrogen) atoms. The van der Waals surface area contributed by atoms with Crippen molar-refractivity contribution >= 4 is 5.78 Å². The second-order valence-corrected chi connectivity index (χ2v) is 5.12. The summed E-state index contributed by atoms with van der Waals surface area (Å²) in [7, 11) is 0. The minimum Gasteiger partial charge on any atom is -0.461 e. The number of carbonyl (C=O) groups is 1. The smallest absolute Gasteiger partial charge is 0.228 e. The quantitative estimate of drug-likeness (QED) is 0.661. The first-order chi connectivity index (χ1) is 10.2. The van der Waals surface area contributed by atoms with Crippen LogP contribution in [0, 0.1) is 6.92 Å². The maximum atomic E-state index is 12.3. The van der Waals surface area contributed by atoms with Crippen molar-refractivity contribution in [2.45, 2.75) is 13.3 Å². The average Bonchev–Trinajstić information content (AvgIpc) is 2.94. The van der Waals surface area contributed by atoms with Crippen LogP contribution in [0.5, 0.6) is 0 Å². The molecule has 0 radical (unpaired) electrons. The predicted octanol–water partition coefficient (Wildman–Crippen LogP) is 4.41. The lowest BCUT2D eigenvalue weighted by Crippen LogP contribution is -2.01. The van der Waals surface area contributed by atoms with Gasteiger partial charge in [-0.2, -0.15) is 0 Å². The molecule has 1 aromatic heterocycles. The van der Waals surface area contributed by atoms with Gasteiger partial charge in [0.1, 0.15) is 0 Å². The van der Waals surface area contributed by atoms with Crippen LogP contribution in [0.4, 0.5) is 0 Å². The highest BCUT2D eigenvalue weighted by Gasteiger charge is 2.14. The number of hydrogen-bond acceptors (Lipinski definition) is 2. The highest BCUT2D eigenvalue weighted by Crippen LogP contribution is 2.17. The van der Waals surface area contributed by atoms with Gasteiger partial charge in [0.05, 0.1) is 6.26 Å². The molecule has 0 fully saturated rings. The molecule has 104 valence electrons. The standard InChI is InChI=1S/C19H16O2/c1-14-11-12-21-19(14)18(20)17-9-7-16(8-10-17)13-15-5-3-2-4-6-15/h2-12H,13H2,1H3. The summed E-state index contributed by atoms with van der Waals surface area (Å²) in [6.07, 6.45) is 2.42. The van der Waals surface area contributed by atoms with Crippen molar-refractivity contribution in [2.24, 2.45) is 0 Å². The Bertz CT molecular complexity index is 737. The van der Waals surface area contributed by atoms with Gasteiger partial charge >= 0.3 is 0 Å². The Labute approximate surface area is 124 Å². The minimum atomic E-state index is -0.0660. The molecular weight excluding hydrogens is 260 g/mol. The van der Waals surface area contributed by atoms with Crippen LogP contribution in [0.2, 0.25) is 0 Å². The van der Waals surface area contributed by atoms with Crippen LogP contribution in [0.1, 0.15) is 32.8 Å². The molecule has 0 N–H and O–H groups in total. The summed E-state index contributed by atoms with van der Waals surface area (Å²) in [5.41, 5.74) is 3.98. The fourth-order valence-corrected chi connectivity index (χ4v) is 2.34. The normalized spacial score (nSPS) is 10.5. The maximum Gasteiger partial charge on any atom is 0.228 e. The second kappa shape index (κ2) is 5.80. The van der Waals surface area contributed by atoms with E-state index in [1.54, 1.807) is 12.3 Å². The molecule has 2 nitrogen and oxygen atoms in total. The van der Waals surface area contributed by atoms with E-state index in [1.165, 1.54) is 11.1 Å². The molecule has 2 heteroatoms. The zero-order chi connectivity index (χ0) is 14.7. The van der Waals surface area contributed by atoms with Crippen molar-refractivity contribution in [2.75, 3.05) is 0 Å². The van der Waals surface area contributed by atoms with Crippen LogP contribution < -0.4 is 0 Å². The maximum absolute atomic E-state index is 12.3. The summed E-state index contributed by atoms with van der Waals surface area (Å²) < 4.78 is 5.26. The van der Waals surface area contributed by atoms with Crippen LogP contribution in [0.25, 0.3) is 0 Å². The van der Waals surface area contributed by atoms with E-state index in [9.17, 15) is 4.79 Å². The van der Waals surface area contributed by atoms with E-state index >= 15 is 0 Å². The number of ketones is 1. The van der Waals surface area contributed by atoms with E-state index in [2.05, 4.69) is 12.1 Å². The summed E-state index contributed by atoms with van der Waals surface area (Å²) in [6, 6.07) is 19.8. The molecule has 3 rings (SSSR count). The predicted molar refractivity (Wildman–Crippen MR) is 82.6 cm³/mol. The molecular formula is C19H16O2. The Morgan fingerprint density at radius 1 is 0.905 bits per heavy atom. The molecule has 0 unspecified atom stereocenters. The van der Waals surface area contributed by atoms with Crippen LogP contribution in [0.15, 0.2) is 71.3 Å². The average molecular weight is 276 g/mol. The molecule has 0 aliphatic heterocycles. The van der Waals surface area contributed by atoms with Gasteiger partial charge in [-0.05, 0) is 36.1 Å². The highest BCUT2D eigenvalue weighted by atomic mass is 16.3. The Hall–Kier alpha value is -2.61. The van der Waals surface area contributed by atoms with Crippen LogP contribution in [-0.4, -0.2) is 5.78 Å². The van der Waals surface area contributed by atoms with E-state index in [0.29, 0.717) is 11.3 Å². The fourth-order valence-electron chi connectivity index (χ4n) is 2.34. The van der Waals surface area contributed by atoms with Crippen LogP contribution in [-0.2, 0) is 6.42 Å². The van der Waals surface area contributed by atoms with Gasteiger partial charge in [0.25, 0.3) is 0 Å². The summed E-state index contributed by atoms with van der Waals surface area (Å²) >= 11 is 0. The van der Waals surface area contributed by atoms with Gasteiger partial charge in [-0.1, -0.05) is 54.6 Å². The highest BCUT2D eigenvalue weighted by molar-refractivity contribution is 6.07. The molecule has 0 saturated carbocycles. The molecule has 0 atom stereocenters. The van der Waals surface area contributed by atoms with E-state index in [-0.39, 0.29) is 5.78 Å². The monoisotopic (exact) mass is 276 g/mol. The van der Waals surface area contributed by atoms with E-state index in [0.717, 1.165) is 12.0 Å². The number of furan rings is 1. The van der Waals surface area contributed by atoms with Gasteiger partial charge in [0.2, 0.25) is 5.78 Å². The lowest BCUT2D eigenvalue weighted by Gasteiger charge is -2.04. The zero-order valence-corrected chi connectivity index (χ0v) is 11.9. The molecule has 0 spiro atoms. The summed E-state index contributed by atoms with van der Waals surface area (Å²) in [5, 5.41) is 0. The van der Waals surface area contributed by atoms with Crippen LogP contribution in [0.3, 0.4) is 0 Å². The van der Waals surface area contributed by atoms with Gasteiger partial charge in [-0.15, -0.1) is 0 Å². The van der Waals surface area contributed by atoms with Gasteiger partial charge < -0.3 is 4.42 Å². The Morgan fingerprint density at radius 3 is 2.19 bits per heavy atom. The third-order valence-corrected chi connectivity index (χ3v) is 3.54. The minimum absolute atomic E-state index is 0.0660. The fraction of sp³-hybridized carbons (Fsp3) is 0.105. The van der Waals surface area contributed by atoms with Crippen molar-refractivity contribution in [3.63, 3.8) is 0 Å². The number of rotatable bonds is 4. The van der Waals surface area contributed by atoms with Gasteiger partial charge in [0.15, 0.2) is 5.76 Å². The molecule has 1 heterocycles. The topological polar surface area (TPSA) is 30.2 Å². The number of hydrogen-bond donors (Lipinski definition) is 0. The Kier molecular flexibility index (Phi) is 3.69. The first-order valence-corrected chi connectivity index (χ1v) is 6.96. The molecule has 0 saturated heterocycles. The summed E-state index contributed by atoms with van der Waals surface area (Å²) in [5.74, 6) is 0.356. The van der Waals surface area contributed by atoms with Crippen molar-refractivity contribution in [1.82, 2.24) is 0 Å². The van der Waals surface area contributed by atoms with E-state index in [1.807, 2.05) is 49.4 Å². The van der Waals surface area contributed by atoms with Crippen molar-refractivity contribution in [3.8, 4) is 0 Å². The van der Waals surface area contributed by atoms with Gasteiger partial charge in [-0.25, -0.2) is 0 Å². The summed E-state index contributed by atoms with van der Waals surface area (Å²) in [6.45, 7) is 1.88. The zero-order valence-electron chi connectivity index (χ0n) is 11.9. The number of aryl methyl sites for hydroxylation is 1. The lowest BCUT2D eigenvalue weighted by molar-refractivity contribution is 0.101. The van der Waals surface area contributed by atoms with Crippen molar-refractivity contribution in [3.05, 3.63) is 94.9 Å². The number of carbonyl (C=O) groups excluding carboxylic acids is 1. The molecule has 0 aliphatic carbocycles. The lowest BCUT2D eigenvalue weighted by atomic mass is 10.0. The van der Waals surface area contributed by atoms with Crippen molar-refractivity contribution < 1.29 is 9.21 Å². The van der Waals surface area contributed by atoms with Crippen LogP contribution >= 0.6 is 0 Å². The third-order valence-electron chi connectivity index (χ3n) is 3.54.